The third-order valence-electron chi connectivity index (χ3n) is 2.77. The SMILES string of the molecule is CCCCCCCNC(=O)c1cc(Cl)ccc1O. The number of benzene rings is 1. The minimum atomic E-state index is -0.273. The van der Waals surface area contributed by atoms with Crippen molar-refractivity contribution in [2.45, 2.75) is 39.0 Å². The highest BCUT2D eigenvalue weighted by Crippen LogP contribution is 2.21. The number of halogens is 1. The van der Waals surface area contributed by atoms with Gasteiger partial charge in [0.1, 0.15) is 5.75 Å². The summed E-state index contributed by atoms with van der Waals surface area (Å²) in [7, 11) is 0. The van der Waals surface area contributed by atoms with E-state index in [9.17, 15) is 9.90 Å². The standard InChI is InChI=1S/C14H20ClNO2/c1-2-3-4-5-6-9-16-14(18)12-10-11(15)7-8-13(12)17/h7-8,10,17H,2-6,9H2,1H3,(H,16,18). The molecule has 0 spiro atoms. The molecule has 0 bridgehead atoms. The Labute approximate surface area is 113 Å². The average molecular weight is 270 g/mol. The highest BCUT2D eigenvalue weighted by molar-refractivity contribution is 6.31. The average Bonchev–Trinajstić information content (AvgIpc) is 2.36. The summed E-state index contributed by atoms with van der Waals surface area (Å²) in [4.78, 5) is 11.8. The molecule has 1 aromatic carbocycles. The van der Waals surface area contributed by atoms with Crippen molar-refractivity contribution in [1.29, 1.82) is 0 Å². The molecule has 0 saturated heterocycles. The molecule has 0 aliphatic rings. The van der Waals surface area contributed by atoms with Crippen molar-refractivity contribution in [3.05, 3.63) is 28.8 Å². The first-order chi connectivity index (χ1) is 8.65. The number of hydrogen-bond acceptors (Lipinski definition) is 2. The zero-order valence-electron chi connectivity index (χ0n) is 10.7. The van der Waals surface area contributed by atoms with Crippen LogP contribution < -0.4 is 5.32 Å². The zero-order chi connectivity index (χ0) is 13.4. The number of hydrogen-bond donors (Lipinski definition) is 2. The van der Waals surface area contributed by atoms with E-state index in [0.29, 0.717) is 11.6 Å². The fraction of sp³-hybridized carbons (Fsp3) is 0.500. The van der Waals surface area contributed by atoms with Gasteiger partial charge in [0.05, 0.1) is 5.56 Å². The van der Waals surface area contributed by atoms with E-state index in [-0.39, 0.29) is 17.2 Å². The lowest BCUT2D eigenvalue weighted by Gasteiger charge is -2.07. The van der Waals surface area contributed by atoms with Crippen LogP contribution in [0.15, 0.2) is 18.2 Å². The Morgan fingerprint density at radius 1 is 1.28 bits per heavy atom. The van der Waals surface area contributed by atoms with Crippen LogP contribution in [0.5, 0.6) is 5.75 Å². The minimum Gasteiger partial charge on any atom is -0.507 e. The lowest BCUT2D eigenvalue weighted by molar-refractivity contribution is 0.0950. The lowest BCUT2D eigenvalue weighted by atomic mass is 10.1. The van der Waals surface area contributed by atoms with Gasteiger partial charge >= 0.3 is 0 Å². The number of carbonyl (C=O) groups excluding carboxylic acids is 1. The number of phenolic OH excluding ortho intramolecular Hbond substituents is 1. The van der Waals surface area contributed by atoms with Crippen LogP contribution in [0.4, 0.5) is 0 Å². The first-order valence-electron chi connectivity index (χ1n) is 6.42. The van der Waals surface area contributed by atoms with E-state index in [1.54, 1.807) is 6.07 Å². The van der Waals surface area contributed by atoms with E-state index in [1.807, 2.05) is 0 Å². The molecule has 0 saturated carbocycles. The normalized spacial score (nSPS) is 10.3. The van der Waals surface area contributed by atoms with E-state index in [2.05, 4.69) is 12.2 Å². The molecule has 0 aromatic heterocycles. The van der Waals surface area contributed by atoms with Crippen molar-refractivity contribution in [2.24, 2.45) is 0 Å². The number of rotatable bonds is 7. The maximum atomic E-state index is 11.8. The predicted molar refractivity (Wildman–Crippen MR) is 74.2 cm³/mol. The van der Waals surface area contributed by atoms with Gasteiger partial charge in [-0.05, 0) is 24.6 Å². The quantitative estimate of drug-likeness (QED) is 0.741. The van der Waals surface area contributed by atoms with Crippen molar-refractivity contribution in [1.82, 2.24) is 5.32 Å². The molecule has 0 heterocycles. The molecule has 1 amide bonds. The maximum absolute atomic E-state index is 11.8. The second-order valence-electron chi connectivity index (χ2n) is 4.33. The van der Waals surface area contributed by atoms with Gasteiger partial charge in [-0.3, -0.25) is 4.79 Å². The number of unbranched alkanes of at least 4 members (excludes halogenated alkanes) is 4. The summed E-state index contributed by atoms with van der Waals surface area (Å²) in [6, 6.07) is 4.46. The molecule has 2 N–H and O–H groups in total. The van der Waals surface area contributed by atoms with Gasteiger partial charge in [-0.2, -0.15) is 0 Å². The summed E-state index contributed by atoms with van der Waals surface area (Å²) in [6.45, 7) is 2.80. The van der Waals surface area contributed by atoms with E-state index < -0.39 is 0 Å². The summed E-state index contributed by atoms with van der Waals surface area (Å²) in [5.74, 6) is -0.312. The number of carbonyl (C=O) groups is 1. The molecule has 0 aliphatic heterocycles. The summed E-state index contributed by atoms with van der Waals surface area (Å²) in [5.41, 5.74) is 0.232. The fourth-order valence-corrected chi connectivity index (χ4v) is 1.89. The molecule has 0 aliphatic carbocycles. The Bertz CT molecular complexity index is 393. The van der Waals surface area contributed by atoms with Gasteiger partial charge in [-0.1, -0.05) is 44.2 Å². The molecular formula is C14H20ClNO2. The van der Waals surface area contributed by atoms with Crippen molar-refractivity contribution >= 4 is 17.5 Å². The Morgan fingerprint density at radius 2 is 2.00 bits per heavy atom. The molecule has 1 rings (SSSR count). The minimum absolute atomic E-state index is 0.0390. The number of aromatic hydroxyl groups is 1. The van der Waals surface area contributed by atoms with E-state index in [4.69, 9.17) is 11.6 Å². The third kappa shape index (κ3) is 4.96. The number of nitrogens with one attached hydrogen (secondary N) is 1. The van der Waals surface area contributed by atoms with Crippen LogP contribution in [0.2, 0.25) is 5.02 Å². The van der Waals surface area contributed by atoms with E-state index in [1.165, 1.54) is 31.4 Å². The third-order valence-corrected chi connectivity index (χ3v) is 3.00. The van der Waals surface area contributed by atoms with Crippen LogP contribution in [0.1, 0.15) is 49.4 Å². The number of amides is 1. The molecule has 3 nitrogen and oxygen atoms in total. The molecule has 0 fully saturated rings. The van der Waals surface area contributed by atoms with Gasteiger partial charge in [0.25, 0.3) is 5.91 Å². The van der Waals surface area contributed by atoms with Crippen molar-refractivity contribution < 1.29 is 9.90 Å². The van der Waals surface area contributed by atoms with Gasteiger partial charge in [0, 0.05) is 11.6 Å². The van der Waals surface area contributed by atoms with Crippen LogP contribution in [0, 0.1) is 0 Å². The van der Waals surface area contributed by atoms with Crippen molar-refractivity contribution in [3.63, 3.8) is 0 Å². The molecule has 100 valence electrons. The van der Waals surface area contributed by atoms with Crippen LogP contribution in [0.3, 0.4) is 0 Å². The van der Waals surface area contributed by atoms with Gasteiger partial charge in [0.15, 0.2) is 0 Å². The Kier molecular flexibility index (Phi) is 6.58. The van der Waals surface area contributed by atoms with Crippen molar-refractivity contribution in [3.8, 4) is 5.75 Å². The molecule has 0 radical (unpaired) electrons. The second kappa shape index (κ2) is 7.98. The fourth-order valence-electron chi connectivity index (χ4n) is 1.72. The summed E-state index contributed by atoms with van der Waals surface area (Å²) >= 11 is 5.79. The Balaban J connectivity index is 2.34. The largest absolute Gasteiger partial charge is 0.507 e. The lowest BCUT2D eigenvalue weighted by Crippen LogP contribution is -2.24. The van der Waals surface area contributed by atoms with Gasteiger partial charge in [-0.25, -0.2) is 0 Å². The molecule has 4 heteroatoms. The predicted octanol–water partition coefficient (Wildman–Crippen LogP) is 3.75. The topological polar surface area (TPSA) is 49.3 Å². The summed E-state index contributed by atoms with van der Waals surface area (Å²) in [6.07, 6.45) is 5.74. The highest BCUT2D eigenvalue weighted by Gasteiger charge is 2.10. The van der Waals surface area contributed by atoms with E-state index >= 15 is 0 Å². The molecule has 0 atom stereocenters. The van der Waals surface area contributed by atoms with Crippen LogP contribution in [-0.4, -0.2) is 17.6 Å². The summed E-state index contributed by atoms with van der Waals surface area (Å²) < 4.78 is 0. The Hall–Kier alpha value is -1.22. The molecule has 1 aromatic rings. The maximum Gasteiger partial charge on any atom is 0.255 e. The highest BCUT2D eigenvalue weighted by atomic mass is 35.5. The van der Waals surface area contributed by atoms with Gasteiger partial charge < -0.3 is 10.4 Å². The molecular weight excluding hydrogens is 250 g/mol. The van der Waals surface area contributed by atoms with Crippen LogP contribution >= 0.6 is 11.6 Å². The first-order valence-corrected chi connectivity index (χ1v) is 6.79. The van der Waals surface area contributed by atoms with Crippen LogP contribution in [-0.2, 0) is 0 Å². The number of phenols is 1. The van der Waals surface area contributed by atoms with E-state index in [0.717, 1.165) is 12.8 Å². The van der Waals surface area contributed by atoms with Gasteiger partial charge in [0.2, 0.25) is 0 Å². The second-order valence-corrected chi connectivity index (χ2v) is 4.77. The zero-order valence-corrected chi connectivity index (χ0v) is 11.5. The van der Waals surface area contributed by atoms with Gasteiger partial charge in [-0.15, -0.1) is 0 Å². The smallest absolute Gasteiger partial charge is 0.255 e. The Morgan fingerprint density at radius 3 is 2.72 bits per heavy atom. The molecule has 18 heavy (non-hydrogen) atoms. The summed E-state index contributed by atoms with van der Waals surface area (Å²) in [5, 5.41) is 12.8. The van der Waals surface area contributed by atoms with Crippen molar-refractivity contribution in [2.75, 3.05) is 6.54 Å². The molecule has 0 unspecified atom stereocenters. The monoisotopic (exact) mass is 269 g/mol. The first kappa shape index (κ1) is 14.8. The van der Waals surface area contributed by atoms with Crippen LogP contribution in [0.25, 0.3) is 0 Å².